The number of halogens is 1. The first-order valence-corrected chi connectivity index (χ1v) is 7.96. The molecule has 0 bridgehead atoms. The topological polar surface area (TPSA) is 61.4 Å². The van der Waals surface area contributed by atoms with Crippen LogP contribution in [0, 0.1) is 5.92 Å². The third kappa shape index (κ3) is 5.52. The highest BCUT2D eigenvalue weighted by Gasteiger charge is 2.21. The summed E-state index contributed by atoms with van der Waals surface area (Å²) >= 11 is 0. The van der Waals surface area contributed by atoms with Crippen LogP contribution in [0.1, 0.15) is 32.3 Å². The highest BCUT2D eigenvalue weighted by Crippen LogP contribution is 2.20. The molecule has 0 saturated carbocycles. The van der Waals surface area contributed by atoms with Crippen LogP contribution in [0.25, 0.3) is 0 Å². The number of rotatable bonds is 5. The number of anilines is 1. The lowest BCUT2D eigenvalue weighted by Gasteiger charge is -2.24. The summed E-state index contributed by atoms with van der Waals surface area (Å²) in [6.45, 7) is 6.43. The third-order valence-corrected chi connectivity index (χ3v) is 4.13. The Bertz CT molecular complexity index is 530. The molecular weight excluding hydrogens is 314 g/mol. The van der Waals surface area contributed by atoms with E-state index in [1.54, 1.807) is 11.8 Å². The molecule has 1 atom stereocenters. The SMILES string of the molecule is CCN(Cc1ccccc1NC(=O)C1CCCNC1)C(C)=O.Cl. The minimum absolute atomic E-state index is 0. The van der Waals surface area contributed by atoms with Gasteiger partial charge in [-0.25, -0.2) is 0 Å². The predicted octanol–water partition coefficient (Wildman–Crippen LogP) is 2.41. The molecule has 0 spiro atoms. The maximum atomic E-state index is 12.4. The number of piperidine rings is 1. The summed E-state index contributed by atoms with van der Waals surface area (Å²) in [7, 11) is 0. The Morgan fingerprint density at radius 1 is 1.35 bits per heavy atom. The molecule has 6 heteroatoms. The average molecular weight is 340 g/mol. The number of benzene rings is 1. The smallest absolute Gasteiger partial charge is 0.228 e. The minimum Gasteiger partial charge on any atom is -0.339 e. The van der Waals surface area contributed by atoms with E-state index < -0.39 is 0 Å². The zero-order valence-corrected chi connectivity index (χ0v) is 14.6. The van der Waals surface area contributed by atoms with Gasteiger partial charge in [0.2, 0.25) is 11.8 Å². The highest BCUT2D eigenvalue weighted by atomic mass is 35.5. The van der Waals surface area contributed by atoms with E-state index in [0.29, 0.717) is 13.1 Å². The van der Waals surface area contributed by atoms with Crippen molar-refractivity contribution in [1.82, 2.24) is 10.2 Å². The molecule has 1 unspecified atom stereocenters. The van der Waals surface area contributed by atoms with Crippen molar-refractivity contribution in [2.45, 2.75) is 33.2 Å². The Labute approximate surface area is 144 Å². The molecule has 5 nitrogen and oxygen atoms in total. The number of amides is 2. The molecule has 1 saturated heterocycles. The van der Waals surface area contributed by atoms with Crippen LogP contribution in [0.15, 0.2) is 24.3 Å². The van der Waals surface area contributed by atoms with Gasteiger partial charge in [0.15, 0.2) is 0 Å². The number of nitrogens with one attached hydrogen (secondary N) is 2. The van der Waals surface area contributed by atoms with Crippen LogP contribution in [-0.2, 0) is 16.1 Å². The summed E-state index contributed by atoms with van der Waals surface area (Å²) in [5.74, 6) is 0.127. The zero-order chi connectivity index (χ0) is 15.9. The normalized spacial score (nSPS) is 17.0. The number of carbonyl (C=O) groups excluding carboxylic acids is 2. The first-order chi connectivity index (χ1) is 10.6. The molecule has 128 valence electrons. The Balaban J connectivity index is 0.00000264. The fourth-order valence-electron chi connectivity index (χ4n) is 2.74. The Hall–Kier alpha value is -1.59. The summed E-state index contributed by atoms with van der Waals surface area (Å²) in [6, 6.07) is 7.70. The average Bonchev–Trinajstić information content (AvgIpc) is 2.54. The van der Waals surface area contributed by atoms with E-state index in [4.69, 9.17) is 0 Å². The van der Waals surface area contributed by atoms with Crippen molar-refractivity contribution in [2.24, 2.45) is 5.92 Å². The fourth-order valence-corrected chi connectivity index (χ4v) is 2.74. The third-order valence-electron chi connectivity index (χ3n) is 4.13. The molecule has 0 aromatic heterocycles. The van der Waals surface area contributed by atoms with Crippen molar-refractivity contribution in [3.8, 4) is 0 Å². The number of carbonyl (C=O) groups is 2. The molecule has 1 aromatic rings. The summed E-state index contributed by atoms with van der Waals surface area (Å²) in [5.41, 5.74) is 1.77. The molecule has 0 aliphatic carbocycles. The summed E-state index contributed by atoms with van der Waals surface area (Å²) in [4.78, 5) is 25.7. The van der Waals surface area contributed by atoms with Crippen molar-refractivity contribution < 1.29 is 9.59 Å². The Morgan fingerprint density at radius 3 is 2.70 bits per heavy atom. The van der Waals surface area contributed by atoms with E-state index in [1.165, 1.54) is 0 Å². The van der Waals surface area contributed by atoms with Gasteiger partial charge in [0, 0.05) is 32.2 Å². The van der Waals surface area contributed by atoms with E-state index >= 15 is 0 Å². The predicted molar refractivity (Wildman–Crippen MR) is 94.7 cm³/mol. The van der Waals surface area contributed by atoms with Gasteiger partial charge in [0.1, 0.15) is 0 Å². The summed E-state index contributed by atoms with van der Waals surface area (Å²) < 4.78 is 0. The minimum atomic E-state index is 0. The molecule has 23 heavy (non-hydrogen) atoms. The van der Waals surface area contributed by atoms with Crippen LogP contribution in [0.3, 0.4) is 0 Å². The second-order valence-corrected chi connectivity index (χ2v) is 5.72. The number of hydrogen-bond acceptors (Lipinski definition) is 3. The number of para-hydroxylation sites is 1. The number of nitrogens with zero attached hydrogens (tertiary/aromatic N) is 1. The molecule has 2 amide bonds. The molecule has 2 rings (SSSR count). The van der Waals surface area contributed by atoms with Crippen LogP contribution < -0.4 is 10.6 Å². The summed E-state index contributed by atoms with van der Waals surface area (Å²) in [6.07, 6.45) is 1.96. The van der Waals surface area contributed by atoms with E-state index in [-0.39, 0.29) is 30.1 Å². The molecule has 0 radical (unpaired) electrons. The van der Waals surface area contributed by atoms with E-state index in [0.717, 1.165) is 37.2 Å². The lowest BCUT2D eigenvalue weighted by atomic mass is 9.98. The fraction of sp³-hybridized carbons (Fsp3) is 0.529. The maximum Gasteiger partial charge on any atom is 0.228 e. The van der Waals surface area contributed by atoms with Crippen LogP contribution >= 0.6 is 12.4 Å². The van der Waals surface area contributed by atoms with E-state index in [9.17, 15) is 9.59 Å². The van der Waals surface area contributed by atoms with Gasteiger partial charge in [-0.2, -0.15) is 0 Å². The van der Waals surface area contributed by atoms with Crippen molar-refractivity contribution in [2.75, 3.05) is 25.0 Å². The van der Waals surface area contributed by atoms with Gasteiger partial charge in [-0.15, -0.1) is 12.4 Å². The molecule has 1 aliphatic rings. The van der Waals surface area contributed by atoms with E-state index in [1.807, 2.05) is 31.2 Å². The van der Waals surface area contributed by atoms with Gasteiger partial charge >= 0.3 is 0 Å². The van der Waals surface area contributed by atoms with Gasteiger partial charge in [0.25, 0.3) is 0 Å². The van der Waals surface area contributed by atoms with Crippen LogP contribution in [-0.4, -0.2) is 36.3 Å². The van der Waals surface area contributed by atoms with E-state index in [2.05, 4.69) is 10.6 Å². The monoisotopic (exact) mass is 339 g/mol. The van der Waals surface area contributed by atoms with Crippen LogP contribution in [0.2, 0.25) is 0 Å². The first-order valence-electron chi connectivity index (χ1n) is 7.96. The maximum absolute atomic E-state index is 12.4. The standard InChI is InChI=1S/C17H25N3O2.ClH/c1-3-20(13(2)21)12-15-7-4-5-9-16(15)19-17(22)14-8-6-10-18-11-14;/h4-5,7,9,14,18H,3,6,8,10-12H2,1-2H3,(H,19,22);1H. The van der Waals surface area contributed by atoms with Gasteiger partial charge in [-0.1, -0.05) is 18.2 Å². The Morgan fingerprint density at radius 2 is 2.09 bits per heavy atom. The first kappa shape index (κ1) is 19.5. The second-order valence-electron chi connectivity index (χ2n) is 5.72. The van der Waals surface area contributed by atoms with Crippen molar-refractivity contribution in [1.29, 1.82) is 0 Å². The molecule has 2 N–H and O–H groups in total. The van der Waals surface area contributed by atoms with Gasteiger partial charge in [-0.3, -0.25) is 9.59 Å². The molecule has 1 heterocycles. The van der Waals surface area contributed by atoms with Crippen molar-refractivity contribution in [3.05, 3.63) is 29.8 Å². The lowest BCUT2D eigenvalue weighted by Crippen LogP contribution is -2.37. The molecule has 1 aliphatic heterocycles. The van der Waals surface area contributed by atoms with Gasteiger partial charge < -0.3 is 15.5 Å². The molecule has 1 fully saturated rings. The van der Waals surface area contributed by atoms with Gasteiger partial charge in [0.05, 0.1) is 5.92 Å². The summed E-state index contributed by atoms with van der Waals surface area (Å²) in [5, 5.41) is 6.29. The van der Waals surface area contributed by atoms with Crippen LogP contribution in [0.4, 0.5) is 5.69 Å². The highest BCUT2D eigenvalue weighted by molar-refractivity contribution is 5.93. The number of hydrogen-bond donors (Lipinski definition) is 2. The zero-order valence-electron chi connectivity index (χ0n) is 13.8. The van der Waals surface area contributed by atoms with Crippen molar-refractivity contribution in [3.63, 3.8) is 0 Å². The quantitative estimate of drug-likeness (QED) is 0.866. The largest absolute Gasteiger partial charge is 0.339 e. The second kappa shape index (κ2) is 9.53. The lowest BCUT2D eigenvalue weighted by molar-refractivity contribution is -0.129. The van der Waals surface area contributed by atoms with Gasteiger partial charge in [-0.05, 0) is 37.9 Å². The van der Waals surface area contributed by atoms with Crippen molar-refractivity contribution >= 4 is 29.9 Å². The van der Waals surface area contributed by atoms with Crippen LogP contribution in [0.5, 0.6) is 0 Å². The Kier molecular flexibility index (Phi) is 8.06. The molecule has 1 aromatic carbocycles. The molecular formula is C17H26ClN3O2.